The molecule has 0 saturated heterocycles. The van der Waals surface area contributed by atoms with Gasteiger partial charge in [0, 0.05) is 0 Å². The summed E-state index contributed by atoms with van der Waals surface area (Å²) in [5.41, 5.74) is 0.287. The molecular weight excluding hydrogens is 350 g/mol. The zero-order chi connectivity index (χ0) is 18.1. The Bertz CT molecular complexity index is 1260. The molecule has 2 aromatic heterocycles. The van der Waals surface area contributed by atoms with Crippen molar-refractivity contribution in [2.24, 2.45) is 0 Å². The van der Waals surface area contributed by atoms with E-state index in [9.17, 15) is 9.59 Å². The Morgan fingerprint density at radius 3 is 2.62 bits per heavy atom. The predicted octanol–water partition coefficient (Wildman–Crippen LogP) is 2.16. The molecule has 26 heavy (non-hydrogen) atoms. The van der Waals surface area contributed by atoms with Crippen molar-refractivity contribution in [3.63, 3.8) is 0 Å². The van der Waals surface area contributed by atoms with Gasteiger partial charge in [-0.2, -0.15) is 14.6 Å². The molecule has 0 aliphatic carbocycles. The van der Waals surface area contributed by atoms with Crippen molar-refractivity contribution in [3.05, 3.63) is 91.1 Å². The Morgan fingerprint density at radius 1 is 1.04 bits per heavy atom. The van der Waals surface area contributed by atoms with Crippen LogP contribution in [0.15, 0.2) is 64.2 Å². The first-order valence-corrected chi connectivity index (χ1v) is 8.67. The van der Waals surface area contributed by atoms with Crippen LogP contribution in [0.1, 0.15) is 11.3 Å². The Balaban J connectivity index is 1.76. The fourth-order valence-corrected chi connectivity index (χ4v) is 3.33. The maximum atomic E-state index is 12.5. The third-order valence-electron chi connectivity index (χ3n) is 3.68. The highest BCUT2D eigenvalue weighted by Gasteiger charge is 2.08. The third kappa shape index (κ3) is 3.12. The minimum absolute atomic E-state index is 0.196. The predicted molar refractivity (Wildman–Crippen MR) is 99.9 cm³/mol. The first-order valence-electron chi connectivity index (χ1n) is 7.85. The summed E-state index contributed by atoms with van der Waals surface area (Å²) in [4.78, 5) is 28.3. The topological polar surface area (TPSA) is 73.6 Å². The molecule has 2 aromatic carbocycles. The van der Waals surface area contributed by atoms with Gasteiger partial charge in [0.05, 0.1) is 4.53 Å². The third-order valence-corrected chi connectivity index (χ3v) is 4.64. The summed E-state index contributed by atoms with van der Waals surface area (Å²) in [5, 5.41) is 4.01. The van der Waals surface area contributed by atoms with Crippen molar-refractivity contribution >= 4 is 22.4 Å². The van der Waals surface area contributed by atoms with E-state index < -0.39 is 5.56 Å². The first-order chi connectivity index (χ1) is 12.6. The van der Waals surface area contributed by atoms with Crippen LogP contribution in [0.4, 0.5) is 0 Å². The molecule has 4 rings (SSSR count). The summed E-state index contributed by atoms with van der Waals surface area (Å²) in [6.07, 6.45) is 1.74. The minimum Gasteiger partial charge on any atom is -0.457 e. The molecule has 0 spiro atoms. The van der Waals surface area contributed by atoms with Crippen LogP contribution in [0.3, 0.4) is 0 Å². The van der Waals surface area contributed by atoms with Crippen molar-refractivity contribution in [2.75, 3.05) is 0 Å². The Kier molecular flexibility index (Phi) is 4.06. The molecule has 0 amide bonds. The highest BCUT2D eigenvalue weighted by Crippen LogP contribution is 2.22. The van der Waals surface area contributed by atoms with Gasteiger partial charge < -0.3 is 4.74 Å². The van der Waals surface area contributed by atoms with Gasteiger partial charge in [-0.1, -0.05) is 41.7 Å². The fourth-order valence-electron chi connectivity index (χ4n) is 2.43. The van der Waals surface area contributed by atoms with Gasteiger partial charge in [-0.05, 0) is 42.8 Å². The van der Waals surface area contributed by atoms with E-state index in [1.807, 2.05) is 54.6 Å². The molecule has 0 aliphatic heterocycles. The van der Waals surface area contributed by atoms with Crippen LogP contribution < -0.4 is 20.4 Å². The maximum absolute atomic E-state index is 12.5. The average Bonchev–Trinajstić information content (AvgIpc) is 2.92. The molecule has 0 bridgehead atoms. The highest BCUT2D eigenvalue weighted by molar-refractivity contribution is 7.15. The number of aryl methyl sites for hydroxylation is 1. The molecule has 0 N–H and O–H groups in total. The molecule has 0 radical (unpaired) electrons. The molecule has 128 valence electrons. The standard InChI is InChI=1S/C19H13N3O3S/c1-12-17(23)20-19-22(21-12)18(24)16(26-19)11-13-6-5-9-15(10-13)25-14-7-3-2-4-8-14/h2-11H,1H3/b16-11-. The van der Waals surface area contributed by atoms with E-state index in [2.05, 4.69) is 10.1 Å². The van der Waals surface area contributed by atoms with Gasteiger partial charge >= 0.3 is 0 Å². The Morgan fingerprint density at radius 2 is 1.81 bits per heavy atom. The number of para-hydroxylation sites is 1. The van der Waals surface area contributed by atoms with Crippen molar-refractivity contribution in [1.82, 2.24) is 14.6 Å². The number of rotatable bonds is 3. The lowest BCUT2D eigenvalue weighted by atomic mass is 10.2. The second-order valence-electron chi connectivity index (χ2n) is 5.60. The quantitative estimate of drug-likeness (QED) is 0.558. The summed E-state index contributed by atoms with van der Waals surface area (Å²) in [5.74, 6) is 1.40. The summed E-state index contributed by atoms with van der Waals surface area (Å²) in [6.45, 7) is 1.53. The molecule has 2 heterocycles. The van der Waals surface area contributed by atoms with Gasteiger partial charge in [-0.25, -0.2) is 0 Å². The van der Waals surface area contributed by atoms with Gasteiger partial charge in [0.1, 0.15) is 17.2 Å². The van der Waals surface area contributed by atoms with E-state index >= 15 is 0 Å². The van der Waals surface area contributed by atoms with Crippen LogP contribution in [0.25, 0.3) is 11.0 Å². The second-order valence-corrected chi connectivity index (χ2v) is 6.61. The fraction of sp³-hybridized carbons (Fsp3) is 0.0526. The van der Waals surface area contributed by atoms with E-state index in [1.54, 1.807) is 6.08 Å². The lowest BCUT2D eigenvalue weighted by Crippen LogP contribution is -2.27. The molecule has 4 aromatic rings. The van der Waals surface area contributed by atoms with E-state index in [0.717, 1.165) is 27.2 Å². The largest absolute Gasteiger partial charge is 0.457 e. The number of aromatic nitrogens is 3. The molecule has 6 nitrogen and oxygen atoms in total. The zero-order valence-corrected chi connectivity index (χ0v) is 14.6. The monoisotopic (exact) mass is 363 g/mol. The normalized spacial score (nSPS) is 11.8. The molecule has 0 unspecified atom stereocenters. The number of fused-ring (bicyclic) bond motifs is 1. The van der Waals surface area contributed by atoms with Crippen LogP contribution in [0.5, 0.6) is 11.5 Å². The highest BCUT2D eigenvalue weighted by atomic mass is 32.1. The van der Waals surface area contributed by atoms with Crippen LogP contribution >= 0.6 is 11.3 Å². The van der Waals surface area contributed by atoms with E-state index in [-0.39, 0.29) is 16.2 Å². The van der Waals surface area contributed by atoms with Crippen molar-refractivity contribution in [3.8, 4) is 11.5 Å². The number of nitrogens with zero attached hydrogens (tertiary/aromatic N) is 3. The van der Waals surface area contributed by atoms with Crippen LogP contribution in [-0.4, -0.2) is 14.6 Å². The lowest BCUT2D eigenvalue weighted by molar-refractivity contribution is 0.482. The zero-order valence-electron chi connectivity index (χ0n) is 13.7. The van der Waals surface area contributed by atoms with Gasteiger partial charge in [0.25, 0.3) is 11.1 Å². The van der Waals surface area contributed by atoms with E-state index in [4.69, 9.17) is 4.74 Å². The van der Waals surface area contributed by atoms with Crippen LogP contribution in [-0.2, 0) is 0 Å². The van der Waals surface area contributed by atoms with Gasteiger partial charge in [-0.3, -0.25) is 9.59 Å². The number of benzene rings is 2. The Hall–Kier alpha value is -3.32. The minimum atomic E-state index is -0.420. The number of hydrogen-bond acceptors (Lipinski definition) is 6. The van der Waals surface area contributed by atoms with Crippen molar-refractivity contribution in [1.29, 1.82) is 0 Å². The van der Waals surface area contributed by atoms with Gasteiger partial charge in [0.2, 0.25) is 4.96 Å². The van der Waals surface area contributed by atoms with Gasteiger partial charge in [-0.15, -0.1) is 0 Å². The first kappa shape index (κ1) is 16.2. The second kappa shape index (κ2) is 6.53. The summed E-state index contributed by atoms with van der Waals surface area (Å²) in [6, 6.07) is 16.9. The molecule has 0 aliphatic rings. The molecule has 0 atom stereocenters. The maximum Gasteiger partial charge on any atom is 0.295 e. The molecule has 7 heteroatoms. The summed E-state index contributed by atoms with van der Waals surface area (Å²) >= 11 is 1.13. The Labute approximate surface area is 151 Å². The number of thiazole rings is 1. The molecular formula is C19H13N3O3S. The average molecular weight is 363 g/mol. The lowest BCUT2D eigenvalue weighted by Gasteiger charge is -2.05. The van der Waals surface area contributed by atoms with Crippen LogP contribution in [0, 0.1) is 6.92 Å². The van der Waals surface area contributed by atoms with Crippen LogP contribution in [0.2, 0.25) is 0 Å². The molecule has 0 fully saturated rings. The molecule has 0 saturated carbocycles. The number of ether oxygens (including phenoxy) is 1. The van der Waals surface area contributed by atoms with E-state index in [0.29, 0.717) is 10.3 Å². The van der Waals surface area contributed by atoms with Crippen molar-refractivity contribution < 1.29 is 4.74 Å². The van der Waals surface area contributed by atoms with Gasteiger partial charge in [0.15, 0.2) is 0 Å². The smallest absolute Gasteiger partial charge is 0.295 e. The SMILES string of the molecule is Cc1nn2c(=O)/c(=C/c3cccc(Oc4ccccc4)c3)sc2nc1=O. The van der Waals surface area contributed by atoms with Crippen molar-refractivity contribution in [2.45, 2.75) is 6.92 Å². The number of hydrogen-bond donors (Lipinski definition) is 0. The summed E-state index contributed by atoms with van der Waals surface area (Å²) < 4.78 is 7.43. The summed E-state index contributed by atoms with van der Waals surface area (Å²) in [7, 11) is 0. The van der Waals surface area contributed by atoms with E-state index in [1.165, 1.54) is 6.92 Å².